The molecule has 1 aromatic heterocycles. The van der Waals surface area contributed by atoms with E-state index in [1.54, 1.807) is 0 Å². The molecule has 1 saturated carbocycles. The third-order valence-corrected chi connectivity index (χ3v) is 3.37. The summed E-state index contributed by atoms with van der Waals surface area (Å²) in [5.74, 6) is 0.690. The highest BCUT2D eigenvalue weighted by Crippen LogP contribution is 2.29. The molecular weight excluding hydrogens is 190 g/mol. The lowest BCUT2D eigenvalue weighted by molar-refractivity contribution is 0.248. The van der Waals surface area contributed by atoms with Gasteiger partial charge in [0.15, 0.2) is 0 Å². The summed E-state index contributed by atoms with van der Waals surface area (Å²) in [5.41, 5.74) is 6.87. The number of hydrogen-bond acceptors (Lipinski definition) is 4. The zero-order valence-electron chi connectivity index (χ0n) is 8.82. The lowest BCUT2D eigenvalue weighted by Gasteiger charge is -2.35. The quantitative estimate of drug-likeness (QED) is 0.731. The molecule has 5 nitrogen and oxygen atoms in total. The van der Waals surface area contributed by atoms with E-state index in [0.29, 0.717) is 5.82 Å². The summed E-state index contributed by atoms with van der Waals surface area (Å²) < 4.78 is 0. The third kappa shape index (κ3) is 1.67. The van der Waals surface area contributed by atoms with Gasteiger partial charge in [0.05, 0.1) is 11.9 Å². The number of rotatable bonds is 2. The Morgan fingerprint density at radius 1 is 1.27 bits per heavy atom. The predicted octanol–water partition coefficient (Wildman–Crippen LogP) is 0.276. The molecule has 15 heavy (non-hydrogen) atoms. The predicted molar refractivity (Wildman–Crippen MR) is 59.8 cm³/mol. The molecule has 3 N–H and O–H groups in total. The average Bonchev–Trinajstić information content (AvgIpc) is 3.02. The number of hydrogen-bond donors (Lipinski definition) is 2. The lowest BCUT2D eigenvalue weighted by Crippen LogP contribution is -2.47. The highest BCUT2D eigenvalue weighted by Gasteiger charge is 2.31. The first-order valence-electron chi connectivity index (χ1n) is 5.62. The van der Waals surface area contributed by atoms with Crippen LogP contribution in [0.1, 0.15) is 12.8 Å². The SMILES string of the molecule is Nc1[nH]ncc1N1CCN(C2CC2)CC1. The minimum atomic E-state index is 0.690. The van der Waals surface area contributed by atoms with E-state index in [1.165, 1.54) is 12.8 Å². The van der Waals surface area contributed by atoms with Crippen molar-refractivity contribution >= 4 is 11.5 Å². The van der Waals surface area contributed by atoms with E-state index in [1.807, 2.05) is 6.20 Å². The molecule has 0 aromatic carbocycles. The number of anilines is 2. The number of H-pyrrole nitrogens is 1. The molecule has 1 aromatic rings. The zero-order chi connectivity index (χ0) is 10.3. The van der Waals surface area contributed by atoms with E-state index in [-0.39, 0.29) is 0 Å². The number of nitrogen functional groups attached to an aromatic ring is 1. The normalized spacial score (nSPS) is 23.3. The fourth-order valence-electron chi connectivity index (χ4n) is 2.31. The summed E-state index contributed by atoms with van der Waals surface area (Å²) in [6.07, 6.45) is 4.61. The maximum absolute atomic E-state index is 5.80. The first-order chi connectivity index (χ1) is 7.34. The molecule has 0 radical (unpaired) electrons. The van der Waals surface area contributed by atoms with Crippen LogP contribution >= 0.6 is 0 Å². The van der Waals surface area contributed by atoms with Crippen LogP contribution in [0.2, 0.25) is 0 Å². The second-order valence-electron chi connectivity index (χ2n) is 4.42. The van der Waals surface area contributed by atoms with Crippen LogP contribution in [0, 0.1) is 0 Å². The van der Waals surface area contributed by atoms with Gasteiger partial charge in [-0.15, -0.1) is 0 Å². The van der Waals surface area contributed by atoms with Crippen molar-refractivity contribution in [1.82, 2.24) is 15.1 Å². The molecule has 0 atom stereocenters. The first-order valence-corrected chi connectivity index (χ1v) is 5.62. The maximum Gasteiger partial charge on any atom is 0.142 e. The van der Waals surface area contributed by atoms with Gasteiger partial charge in [-0.25, -0.2) is 0 Å². The molecule has 1 aliphatic carbocycles. The van der Waals surface area contributed by atoms with E-state index in [2.05, 4.69) is 20.0 Å². The number of piperazine rings is 1. The fraction of sp³-hybridized carbons (Fsp3) is 0.700. The smallest absolute Gasteiger partial charge is 0.142 e. The monoisotopic (exact) mass is 207 g/mol. The van der Waals surface area contributed by atoms with Crippen LogP contribution in [0.4, 0.5) is 11.5 Å². The molecule has 0 amide bonds. The Balaban J connectivity index is 1.63. The summed E-state index contributed by atoms with van der Waals surface area (Å²) >= 11 is 0. The van der Waals surface area contributed by atoms with Gasteiger partial charge in [0, 0.05) is 32.2 Å². The minimum absolute atomic E-state index is 0.690. The molecule has 2 aliphatic rings. The molecule has 1 saturated heterocycles. The van der Waals surface area contributed by atoms with Gasteiger partial charge in [0.1, 0.15) is 5.82 Å². The summed E-state index contributed by atoms with van der Waals surface area (Å²) in [6.45, 7) is 4.46. The second kappa shape index (κ2) is 3.41. The molecule has 2 heterocycles. The largest absolute Gasteiger partial charge is 0.382 e. The Kier molecular flexibility index (Phi) is 2.05. The van der Waals surface area contributed by atoms with E-state index < -0.39 is 0 Å². The van der Waals surface area contributed by atoms with Crippen LogP contribution in [0.25, 0.3) is 0 Å². The highest BCUT2D eigenvalue weighted by molar-refractivity contribution is 5.62. The van der Waals surface area contributed by atoms with Gasteiger partial charge in [-0.05, 0) is 12.8 Å². The van der Waals surface area contributed by atoms with Gasteiger partial charge in [-0.3, -0.25) is 10.00 Å². The van der Waals surface area contributed by atoms with Crippen molar-refractivity contribution in [2.45, 2.75) is 18.9 Å². The van der Waals surface area contributed by atoms with Crippen LogP contribution in [-0.2, 0) is 0 Å². The van der Waals surface area contributed by atoms with E-state index in [0.717, 1.165) is 37.9 Å². The van der Waals surface area contributed by atoms with Crippen LogP contribution in [0.3, 0.4) is 0 Å². The van der Waals surface area contributed by atoms with Crippen molar-refractivity contribution in [2.75, 3.05) is 36.8 Å². The number of nitrogens with one attached hydrogen (secondary N) is 1. The number of aromatic amines is 1. The lowest BCUT2D eigenvalue weighted by atomic mass is 10.3. The van der Waals surface area contributed by atoms with Crippen molar-refractivity contribution in [3.05, 3.63) is 6.20 Å². The average molecular weight is 207 g/mol. The van der Waals surface area contributed by atoms with Crippen LogP contribution in [0.15, 0.2) is 6.20 Å². The molecule has 0 spiro atoms. The summed E-state index contributed by atoms with van der Waals surface area (Å²) in [7, 11) is 0. The van der Waals surface area contributed by atoms with Crippen LogP contribution in [-0.4, -0.2) is 47.3 Å². The molecule has 2 fully saturated rings. The van der Waals surface area contributed by atoms with Crippen molar-refractivity contribution in [1.29, 1.82) is 0 Å². The Morgan fingerprint density at radius 3 is 2.53 bits per heavy atom. The number of aromatic nitrogens is 2. The zero-order valence-corrected chi connectivity index (χ0v) is 8.82. The van der Waals surface area contributed by atoms with Gasteiger partial charge in [0.25, 0.3) is 0 Å². The molecule has 5 heteroatoms. The first kappa shape index (κ1) is 9.03. The third-order valence-electron chi connectivity index (χ3n) is 3.37. The number of nitrogens with zero attached hydrogens (tertiary/aromatic N) is 3. The minimum Gasteiger partial charge on any atom is -0.382 e. The van der Waals surface area contributed by atoms with Crippen LogP contribution in [0.5, 0.6) is 0 Å². The van der Waals surface area contributed by atoms with E-state index >= 15 is 0 Å². The topological polar surface area (TPSA) is 61.2 Å². The molecule has 3 rings (SSSR count). The van der Waals surface area contributed by atoms with Gasteiger partial charge in [0.2, 0.25) is 0 Å². The van der Waals surface area contributed by atoms with Gasteiger partial charge >= 0.3 is 0 Å². The van der Waals surface area contributed by atoms with Crippen molar-refractivity contribution in [2.24, 2.45) is 0 Å². The molecule has 1 aliphatic heterocycles. The van der Waals surface area contributed by atoms with Crippen molar-refractivity contribution < 1.29 is 0 Å². The summed E-state index contributed by atoms with van der Waals surface area (Å²) in [4.78, 5) is 4.91. The van der Waals surface area contributed by atoms with E-state index in [9.17, 15) is 0 Å². The Bertz CT molecular complexity index is 335. The Morgan fingerprint density at radius 2 is 2.00 bits per heavy atom. The summed E-state index contributed by atoms with van der Waals surface area (Å²) in [6, 6.07) is 0.883. The van der Waals surface area contributed by atoms with Gasteiger partial charge < -0.3 is 10.6 Å². The maximum atomic E-state index is 5.80. The Labute approximate surface area is 89.2 Å². The van der Waals surface area contributed by atoms with Crippen molar-refractivity contribution in [3.8, 4) is 0 Å². The molecule has 82 valence electrons. The Hall–Kier alpha value is -1.23. The van der Waals surface area contributed by atoms with E-state index in [4.69, 9.17) is 5.73 Å². The second-order valence-corrected chi connectivity index (χ2v) is 4.42. The number of nitrogens with two attached hydrogens (primary N) is 1. The fourth-order valence-corrected chi connectivity index (χ4v) is 2.31. The summed E-state index contributed by atoms with van der Waals surface area (Å²) in [5, 5.41) is 6.74. The van der Waals surface area contributed by atoms with Gasteiger partial charge in [-0.1, -0.05) is 0 Å². The van der Waals surface area contributed by atoms with Gasteiger partial charge in [-0.2, -0.15) is 5.10 Å². The van der Waals surface area contributed by atoms with Crippen LogP contribution < -0.4 is 10.6 Å². The molecule has 0 unspecified atom stereocenters. The standard InChI is InChI=1S/C10H17N5/c11-10-9(7-12-13-10)15-5-3-14(4-6-15)8-1-2-8/h7-8H,1-6H2,(H3,11,12,13). The van der Waals surface area contributed by atoms with Crippen molar-refractivity contribution in [3.63, 3.8) is 0 Å². The molecular formula is C10H17N5. The molecule has 0 bridgehead atoms. The highest BCUT2D eigenvalue weighted by atomic mass is 15.3.